The maximum atomic E-state index is 14.9. The fourth-order valence-corrected chi connectivity index (χ4v) is 9.67. The molecule has 3 aromatic rings. The van der Waals surface area contributed by atoms with Crippen LogP contribution in [0.5, 0.6) is 5.75 Å². The highest BCUT2D eigenvalue weighted by Crippen LogP contribution is 2.21. The van der Waals surface area contributed by atoms with Crippen molar-refractivity contribution < 1.29 is 68.1 Å². The maximum absolute atomic E-state index is 14.9. The highest BCUT2D eigenvalue weighted by atomic mass is 16.4. The molecular formula is C59H84N14O14. The number of nitrogens with one attached hydrogen (secondary N) is 7. The van der Waals surface area contributed by atoms with E-state index in [1.807, 2.05) is 0 Å². The summed E-state index contributed by atoms with van der Waals surface area (Å²) in [5.74, 6) is -11.0. The topological polar surface area (TPSA) is 478 Å². The summed E-state index contributed by atoms with van der Waals surface area (Å²) in [6.07, 6.45) is -0.884. The molecule has 3 aromatic carbocycles. The molecular weight excluding hydrogens is 1130 g/mol. The molecule has 1 aliphatic rings. The van der Waals surface area contributed by atoms with Gasteiger partial charge < -0.3 is 86.1 Å². The number of nitrogens with two attached hydrogens (primary N) is 5. The van der Waals surface area contributed by atoms with Crippen LogP contribution in [0.25, 0.3) is 0 Å². The first-order valence-electron chi connectivity index (χ1n) is 28.9. The number of carbonyl (C=O) groups is 11. The van der Waals surface area contributed by atoms with E-state index in [4.69, 9.17) is 28.7 Å². The van der Waals surface area contributed by atoms with Crippen LogP contribution in [0.15, 0.2) is 89.9 Å². The number of carbonyl (C=O) groups excluding carboxylic acids is 9. The van der Waals surface area contributed by atoms with Gasteiger partial charge in [-0.1, -0.05) is 86.6 Å². The highest BCUT2D eigenvalue weighted by molar-refractivity contribution is 5.99. The largest absolute Gasteiger partial charge is 0.508 e. The van der Waals surface area contributed by atoms with Crippen molar-refractivity contribution in [2.24, 2.45) is 39.6 Å². The van der Waals surface area contributed by atoms with Gasteiger partial charge in [-0.25, -0.2) is 4.79 Å². The SMILES string of the molecule is CC(C)C[C@H](NC(=O)[C@H](CCCN=C(N)N)NC(=O)[C@H](CC(N)=O)NC(=O)[C@@H]1CCCN1C(=O)[C@H](Cc1ccccc1)NC(=O)[C@H](CCCCN)NC(=O)[C@H](Cc1ccccc1)NC(=O)[C@H](CCC(=O)O)NC(=O)[C@@H](N)Cc1ccc(O)cc1)C(=O)O. The Hall–Kier alpha value is -9.18. The average molecular weight is 1210 g/mol. The third-order valence-electron chi connectivity index (χ3n) is 14.2. The van der Waals surface area contributed by atoms with Gasteiger partial charge in [-0.05, 0) is 105 Å². The van der Waals surface area contributed by atoms with Crippen molar-refractivity contribution in [2.45, 2.75) is 158 Å². The summed E-state index contributed by atoms with van der Waals surface area (Å²) in [7, 11) is 0. The van der Waals surface area contributed by atoms with Gasteiger partial charge >= 0.3 is 11.9 Å². The molecule has 0 aliphatic carbocycles. The van der Waals surface area contributed by atoms with E-state index in [-0.39, 0.29) is 95.0 Å². The summed E-state index contributed by atoms with van der Waals surface area (Å²) in [6, 6.07) is 10.4. The Morgan fingerprint density at radius 2 is 1.06 bits per heavy atom. The number of carboxylic acid groups (broad SMARTS) is 2. The van der Waals surface area contributed by atoms with Crippen LogP contribution in [0, 0.1) is 5.92 Å². The summed E-state index contributed by atoms with van der Waals surface area (Å²) < 4.78 is 0. The summed E-state index contributed by atoms with van der Waals surface area (Å²) >= 11 is 0. The van der Waals surface area contributed by atoms with Gasteiger partial charge in [0.05, 0.1) is 12.5 Å². The van der Waals surface area contributed by atoms with Crippen molar-refractivity contribution in [3.8, 4) is 5.75 Å². The molecule has 87 heavy (non-hydrogen) atoms. The van der Waals surface area contributed by atoms with Crippen LogP contribution in [0.2, 0.25) is 0 Å². The quantitative estimate of drug-likeness (QED) is 0.0172. The average Bonchev–Trinajstić information content (AvgIpc) is 2.12. The number of aromatic hydroxyl groups is 1. The lowest BCUT2D eigenvalue weighted by molar-refractivity contribution is -0.143. The number of unbranched alkanes of at least 4 members (excludes halogenated alkanes) is 1. The van der Waals surface area contributed by atoms with Gasteiger partial charge in [0.2, 0.25) is 53.2 Å². The van der Waals surface area contributed by atoms with Crippen molar-refractivity contribution in [3.05, 3.63) is 102 Å². The molecule has 9 atom stereocenters. The number of aliphatic carboxylic acids is 2. The van der Waals surface area contributed by atoms with E-state index < -0.39 is 139 Å². The lowest BCUT2D eigenvalue weighted by Crippen LogP contribution is -2.61. The smallest absolute Gasteiger partial charge is 0.326 e. The van der Waals surface area contributed by atoms with Gasteiger partial charge in [-0.3, -0.25) is 52.9 Å². The Balaban J connectivity index is 1.61. The highest BCUT2D eigenvalue weighted by Gasteiger charge is 2.41. The van der Waals surface area contributed by atoms with Gasteiger partial charge in [0, 0.05) is 32.4 Å². The fraction of sp³-hybridized carbons (Fsp3) is 0.492. The number of phenols is 1. The number of amides is 9. The van der Waals surface area contributed by atoms with E-state index in [1.54, 1.807) is 86.6 Å². The lowest BCUT2D eigenvalue weighted by atomic mass is 10.0. The molecule has 474 valence electrons. The molecule has 28 heteroatoms. The number of nitrogens with zero attached hydrogens (tertiary/aromatic N) is 2. The lowest BCUT2D eigenvalue weighted by Gasteiger charge is -2.31. The number of primary amides is 1. The summed E-state index contributed by atoms with van der Waals surface area (Å²) in [4.78, 5) is 155. The molecule has 28 nitrogen and oxygen atoms in total. The molecule has 0 radical (unpaired) electrons. The summed E-state index contributed by atoms with van der Waals surface area (Å²) in [5, 5.41) is 47.2. The number of aliphatic imine (C=N–C) groups is 1. The van der Waals surface area contributed by atoms with Gasteiger partial charge in [0.25, 0.3) is 0 Å². The molecule has 0 saturated carbocycles. The minimum absolute atomic E-state index is 0.000278. The van der Waals surface area contributed by atoms with E-state index >= 15 is 0 Å². The van der Waals surface area contributed by atoms with Crippen LogP contribution in [0.3, 0.4) is 0 Å². The van der Waals surface area contributed by atoms with Crippen LogP contribution < -0.4 is 65.9 Å². The zero-order chi connectivity index (χ0) is 64.2. The third-order valence-corrected chi connectivity index (χ3v) is 14.2. The molecule has 0 bridgehead atoms. The first kappa shape index (κ1) is 70.3. The number of likely N-dealkylation sites (tertiary alicyclic amines) is 1. The second-order valence-corrected chi connectivity index (χ2v) is 21.8. The Morgan fingerprint density at radius 3 is 1.59 bits per heavy atom. The second kappa shape index (κ2) is 36.0. The molecule has 1 aliphatic heterocycles. The number of benzene rings is 3. The van der Waals surface area contributed by atoms with E-state index in [0.717, 1.165) is 0 Å². The van der Waals surface area contributed by atoms with Gasteiger partial charge in [0.15, 0.2) is 5.96 Å². The minimum atomic E-state index is -1.70. The molecule has 1 saturated heterocycles. The van der Waals surface area contributed by atoms with Gasteiger partial charge in [-0.2, -0.15) is 0 Å². The third kappa shape index (κ3) is 24.7. The summed E-state index contributed by atoms with van der Waals surface area (Å²) in [6.45, 7) is 3.76. The van der Waals surface area contributed by atoms with Gasteiger partial charge in [-0.15, -0.1) is 0 Å². The number of rotatable bonds is 37. The Morgan fingerprint density at radius 1 is 0.575 bits per heavy atom. The predicted octanol–water partition coefficient (Wildman–Crippen LogP) is -1.81. The first-order valence-corrected chi connectivity index (χ1v) is 28.9. The molecule has 9 amide bonds. The van der Waals surface area contributed by atoms with E-state index in [2.05, 4.69) is 42.2 Å². The van der Waals surface area contributed by atoms with Crippen LogP contribution in [-0.2, 0) is 72.0 Å². The van der Waals surface area contributed by atoms with Gasteiger partial charge in [0.1, 0.15) is 54.1 Å². The zero-order valence-electron chi connectivity index (χ0n) is 49.0. The Bertz CT molecular complexity index is 2840. The standard InChI is InChI=1S/C59H84N14O14/c1-34(2)29-46(58(86)87)72-52(80)41(18-11-27-65-59(63)64)68-55(83)44(33-48(62)75)70-56(84)47-19-12-28-73(47)57(85)45(32-36-15-7-4-8-16-36)71-51(79)40(17-9-10-26-60)67-54(82)43(31-35-13-5-3-6-14-35)69-53(81)42(24-25-49(76)77)66-50(78)39(61)30-37-20-22-38(74)23-21-37/h3-8,13-16,20-23,34,39-47,74H,9-12,17-19,24-33,60-61H2,1-2H3,(H2,62,75)(H,66,78)(H,67,82)(H,68,83)(H,69,81)(H,70,84)(H,71,79)(H,72,80)(H,76,77)(H,86,87)(H4,63,64,65)/t39-,40-,41-,42-,43-,44-,45-,46-,47-/m0/s1. The summed E-state index contributed by atoms with van der Waals surface area (Å²) in [5.41, 5.74) is 30.2. The molecule has 0 aromatic heterocycles. The van der Waals surface area contributed by atoms with E-state index in [0.29, 0.717) is 29.5 Å². The fourth-order valence-electron chi connectivity index (χ4n) is 9.67. The molecule has 4 rings (SSSR count). The van der Waals surface area contributed by atoms with Crippen molar-refractivity contribution in [1.82, 2.24) is 42.1 Å². The predicted molar refractivity (Wildman–Crippen MR) is 319 cm³/mol. The Kier molecular flexibility index (Phi) is 29.1. The monoisotopic (exact) mass is 1210 g/mol. The van der Waals surface area contributed by atoms with Crippen molar-refractivity contribution in [1.29, 1.82) is 0 Å². The minimum Gasteiger partial charge on any atom is -0.508 e. The number of hydrogen-bond acceptors (Lipinski definition) is 15. The van der Waals surface area contributed by atoms with Crippen LogP contribution >= 0.6 is 0 Å². The van der Waals surface area contributed by atoms with Crippen molar-refractivity contribution >= 4 is 71.1 Å². The Labute approximate surface area is 504 Å². The maximum Gasteiger partial charge on any atom is 0.326 e. The molecule has 0 spiro atoms. The zero-order valence-corrected chi connectivity index (χ0v) is 49.0. The molecule has 0 unspecified atom stereocenters. The van der Waals surface area contributed by atoms with Crippen LogP contribution in [0.1, 0.15) is 101 Å². The number of guanidine groups is 1. The van der Waals surface area contributed by atoms with Crippen LogP contribution in [0.4, 0.5) is 0 Å². The van der Waals surface area contributed by atoms with Crippen LogP contribution in [-0.4, -0.2) is 165 Å². The number of phenolic OH excluding ortho intramolecular Hbond substituents is 1. The molecule has 20 N–H and O–H groups in total. The number of carboxylic acids is 2. The van der Waals surface area contributed by atoms with Crippen molar-refractivity contribution in [2.75, 3.05) is 19.6 Å². The first-order chi connectivity index (χ1) is 41.3. The molecule has 1 fully saturated rings. The second-order valence-electron chi connectivity index (χ2n) is 21.8. The normalized spacial score (nSPS) is 15.6. The van der Waals surface area contributed by atoms with E-state index in [9.17, 15) is 68.1 Å². The number of hydrogen-bond donors (Lipinski definition) is 15. The van der Waals surface area contributed by atoms with Crippen molar-refractivity contribution in [3.63, 3.8) is 0 Å². The van der Waals surface area contributed by atoms with E-state index in [1.165, 1.54) is 17.0 Å². The molecule has 1 heterocycles.